The molecule has 1 aromatic carbocycles. The molecule has 72 valence electrons. The summed E-state index contributed by atoms with van der Waals surface area (Å²) in [4.78, 5) is 10.8. The van der Waals surface area contributed by atoms with E-state index in [9.17, 15) is 9.90 Å². The standard InChI is InChI=1S/C10H9NO3/c1-6(12)11-9-5-14-10-4-7(13)2-3-8(9)10/h2-5,13H,1H3,(H,11,12). The molecule has 1 amide bonds. The zero-order valence-electron chi connectivity index (χ0n) is 7.57. The molecule has 4 heteroatoms. The molecule has 0 spiro atoms. The number of phenols is 1. The van der Waals surface area contributed by atoms with Crippen molar-refractivity contribution in [2.24, 2.45) is 0 Å². The number of phenolic OH excluding ortho intramolecular Hbond substituents is 1. The van der Waals surface area contributed by atoms with Crippen LogP contribution in [0.15, 0.2) is 28.9 Å². The van der Waals surface area contributed by atoms with Crippen LogP contribution in [0.2, 0.25) is 0 Å². The molecular weight excluding hydrogens is 182 g/mol. The zero-order chi connectivity index (χ0) is 10.1. The third-order valence-corrected chi connectivity index (χ3v) is 1.87. The molecule has 0 aliphatic rings. The van der Waals surface area contributed by atoms with E-state index in [0.29, 0.717) is 11.3 Å². The normalized spacial score (nSPS) is 10.4. The van der Waals surface area contributed by atoms with Crippen molar-refractivity contribution in [3.05, 3.63) is 24.5 Å². The van der Waals surface area contributed by atoms with Gasteiger partial charge in [0.25, 0.3) is 0 Å². The SMILES string of the molecule is CC(=O)Nc1coc2cc(O)ccc12. The Morgan fingerprint density at radius 2 is 2.29 bits per heavy atom. The van der Waals surface area contributed by atoms with Crippen molar-refractivity contribution < 1.29 is 14.3 Å². The highest BCUT2D eigenvalue weighted by Gasteiger charge is 2.06. The number of fused-ring (bicyclic) bond motifs is 1. The maximum absolute atomic E-state index is 10.8. The average molecular weight is 191 g/mol. The van der Waals surface area contributed by atoms with Crippen molar-refractivity contribution in [2.75, 3.05) is 5.32 Å². The highest BCUT2D eigenvalue weighted by molar-refractivity contribution is 6.00. The van der Waals surface area contributed by atoms with Crippen LogP contribution >= 0.6 is 0 Å². The second-order valence-corrected chi connectivity index (χ2v) is 3.01. The Morgan fingerprint density at radius 3 is 3.00 bits per heavy atom. The molecule has 0 saturated carbocycles. The van der Waals surface area contributed by atoms with Gasteiger partial charge in [0, 0.05) is 18.4 Å². The summed E-state index contributed by atoms with van der Waals surface area (Å²) in [7, 11) is 0. The topological polar surface area (TPSA) is 62.5 Å². The smallest absolute Gasteiger partial charge is 0.221 e. The first-order valence-electron chi connectivity index (χ1n) is 4.14. The van der Waals surface area contributed by atoms with Gasteiger partial charge in [-0.25, -0.2) is 0 Å². The summed E-state index contributed by atoms with van der Waals surface area (Å²) in [6.07, 6.45) is 1.45. The molecule has 0 aliphatic heterocycles. The molecule has 0 atom stereocenters. The Hall–Kier alpha value is -1.97. The number of hydrogen-bond donors (Lipinski definition) is 2. The van der Waals surface area contributed by atoms with E-state index >= 15 is 0 Å². The van der Waals surface area contributed by atoms with E-state index < -0.39 is 0 Å². The van der Waals surface area contributed by atoms with Crippen LogP contribution in [0.1, 0.15) is 6.92 Å². The van der Waals surface area contributed by atoms with Gasteiger partial charge in [0.1, 0.15) is 17.6 Å². The number of amides is 1. The van der Waals surface area contributed by atoms with E-state index in [4.69, 9.17) is 4.42 Å². The highest BCUT2D eigenvalue weighted by atomic mass is 16.3. The van der Waals surface area contributed by atoms with Crippen molar-refractivity contribution >= 4 is 22.6 Å². The fraction of sp³-hybridized carbons (Fsp3) is 0.100. The summed E-state index contributed by atoms with van der Waals surface area (Å²) in [6, 6.07) is 4.74. The predicted molar refractivity (Wildman–Crippen MR) is 52.2 cm³/mol. The van der Waals surface area contributed by atoms with Gasteiger partial charge < -0.3 is 14.8 Å². The van der Waals surface area contributed by atoms with Crippen LogP contribution in [0.5, 0.6) is 5.75 Å². The van der Waals surface area contributed by atoms with Gasteiger partial charge in [0.05, 0.1) is 5.69 Å². The van der Waals surface area contributed by atoms with Crippen LogP contribution < -0.4 is 5.32 Å². The molecule has 0 radical (unpaired) electrons. The van der Waals surface area contributed by atoms with E-state index in [2.05, 4.69) is 5.32 Å². The van der Waals surface area contributed by atoms with Crippen LogP contribution in [-0.2, 0) is 4.79 Å². The average Bonchev–Trinajstić information content (AvgIpc) is 2.47. The lowest BCUT2D eigenvalue weighted by Crippen LogP contribution is -2.04. The van der Waals surface area contributed by atoms with Crippen molar-refractivity contribution in [3.8, 4) is 5.75 Å². The second-order valence-electron chi connectivity index (χ2n) is 3.01. The Bertz CT molecular complexity index is 487. The van der Waals surface area contributed by atoms with E-state index in [0.717, 1.165) is 5.39 Å². The lowest BCUT2D eigenvalue weighted by Gasteiger charge is -1.97. The first kappa shape index (κ1) is 8.62. The van der Waals surface area contributed by atoms with Crippen LogP contribution in [0.25, 0.3) is 11.0 Å². The Labute approximate surface area is 80.1 Å². The summed E-state index contributed by atoms with van der Waals surface area (Å²) in [5.41, 5.74) is 1.17. The Kier molecular flexibility index (Phi) is 1.89. The number of benzene rings is 1. The van der Waals surface area contributed by atoms with Crippen molar-refractivity contribution in [3.63, 3.8) is 0 Å². The number of anilines is 1. The molecular formula is C10H9NO3. The van der Waals surface area contributed by atoms with Gasteiger partial charge in [0.15, 0.2) is 0 Å². The van der Waals surface area contributed by atoms with E-state index in [-0.39, 0.29) is 11.7 Å². The fourth-order valence-corrected chi connectivity index (χ4v) is 1.30. The largest absolute Gasteiger partial charge is 0.508 e. The lowest BCUT2D eigenvalue weighted by atomic mass is 10.2. The van der Waals surface area contributed by atoms with Gasteiger partial charge in [-0.3, -0.25) is 4.79 Å². The predicted octanol–water partition coefficient (Wildman–Crippen LogP) is 2.10. The van der Waals surface area contributed by atoms with Crippen LogP contribution in [-0.4, -0.2) is 11.0 Å². The number of carbonyl (C=O) groups excluding carboxylic acids is 1. The number of rotatable bonds is 1. The summed E-state index contributed by atoms with van der Waals surface area (Å²) in [5, 5.41) is 12.6. The monoisotopic (exact) mass is 191 g/mol. The maximum atomic E-state index is 10.8. The van der Waals surface area contributed by atoms with Crippen molar-refractivity contribution in [1.29, 1.82) is 0 Å². The number of hydrogen-bond acceptors (Lipinski definition) is 3. The molecule has 0 fully saturated rings. The van der Waals surface area contributed by atoms with Crippen LogP contribution in [0, 0.1) is 0 Å². The van der Waals surface area contributed by atoms with E-state index in [1.807, 2.05) is 0 Å². The molecule has 0 saturated heterocycles. The third-order valence-electron chi connectivity index (χ3n) is 1.87. The molecule has 2 N–H and O–H groups in total. The first-order chi connectivity index (χ1) is 6.66. The Balaban J connectivity index is 2.52. The molecule has 1 heterocycles. The molecule has 14 heavy (non-hydrogen) atoms. The van der Waals surface area contributed by atoms with Gasteiger partial charge in [-0.15, -0.1) is 0 Å². The maximum Gasteiger partial charge on any atom is 0.221 e. The lowest BCUT2D eigenvalue weighted by molar-refractivity contribution is -0.114. The molecule has 4 nitrogen and oxygen atoms in total. The number of furan rings is 1. The van der Waals surface area contributed by atoms with Crippen LogP contribution in [0.4, 0.5) is 5.69 Å². The molecule has 0 aliphatic carbocycles. The van der Waals surface area contributed by atoms with Crippen molar-refractivity contribution in [2.45, 2.75) is 6.92 Å². The van der Waals surface area contributed by atoms with Gasteiger partial charge in [-0.05, 0) is 12.1 Å². The highest BCUT2D eigenvalue weighted by Crippen LogP contribution is 2.28. The summed E-state index contributed by atoms with van der Waals surface area (Å²) in [6.45, 7) is 1.43. The number of nitrogens with one attached hydrogen (secondary N) is 1. The number of aromatic hydroxyl groups is 1. The minimum absolute atomic E-state index is 0.140. The van der Waals surface area contributed by atoms with Gasteiger partial charge in [-0.1, -0.05) is 0 Å². The van der Waals surface area contributed by atoms with Crippen LogP contribution in [0.3, 0.4) is 0 Å². The number of carbonyl (C=O) groups is 1. The minimum Gasteiger partial charge on any atom is -0.508 e. The summed E-state index contributed by atoms with van der Waals surface area (Å²) in [5.74, 6) is -0.0120. The molecule has 2 rings (SSSR count). The summed E-state index contributed by atoms with van der Waals surface area (Å²) >= 11 is 0. The van der Waals surface area contributed by atoms with Crippen molar-refractivity contribution in [1.82, 2.24) is 0 Å². The van der Waals surface area contributed by atoms with Gasteiger partial charge in [-0.2, -0.15) is 0 Å². The van der Waals surface area contributed by atoms with E-state index in [1.165, 1.54) is 19.3 Å². The van der Waals surface area contributed by atoms with Gasteiger partial charge >= 0.3 is 0 Å². The van der Waals surface area contributed by atoms with Gasteiger partial charge in [0.2, 0.25) is 5.91 Å². The second kappa shape index (κ2) is 3.06. The quantitative estimate of drug-likeness (QED) is 0.725. The fourth-order valence-electron chi connectivity index (χ4n) is 1.30. The molecule has 2 aromatic rings. The first-order valence-corrected chi connectivity index (χ1v) is 4.14. The Morgan fingerprint density at radius 1 is 1.50 bits per heavy atom. The minimum atomic E-state index is -0.152. The van der Waals surface area contributed by atoms with E-state index in [1.54, 1.807) is 12.1 Å². The zero-order valence-corrected chi connectivity index (χ0v) is 7.57. The molecule has 0 unspecified atom stereocenters. The molecule has 1 aromatic heterocycles. The summed E-state index contributed by atoms with van der Waals surface area (Å²) < 4.78 is 5.16. The third kappa shape index (κ3) is 1.42. The molecule has 0 bridgehead atoms.